The fourth-order valence-electron chi connectivity index (χ4n) is 3.26. The summed E-state index contributed by atoms with van der Waals surface area (Å²) in [4.78, 5) is 29.5. The molecule has 4 aromatic rings. The Labute approximate surface area is 174 Å². The Morgan fingerprint density at radius 3 is 2.50 bits per heavy atom. The summed E-state index contributed by atoms with van der Waals surface area (Å²) in [5.41, 5.74) is 3.24. The number of hydrogen-bond donors (Lipinski definition) is 1. The molecule has 0 unspecified atom stereocenters. The molecule has 0 aliphatic carbocycles. The van der Waals surface area contributed by atoms with Gasteiger partial charge in [-0.25, -0.2) is 9.67 Å². The lowest BCUT2D eigenvalue weighted by Gasteiger charge is -2.09. The number of fused-ring (bicyclic) bond motifs is 1. The maximum absolute atomic E-state index is 12.8. The average molecular weight is 401 g/mol. The number of nitrogens with zero attached hydrogens (tertiary/aromatic N) is 4. The fourth-order valence-corrected chi connectivity index (χ4v) is 3.26. The van der Waals surface area contributed by atoms with E-state index in [-0.39, 0.29) is 18.0 Å². The molecule has 0 atom stereocenters. The SMILES string of the molecule is CC(C)c1ccc(-n2ncc3c(=O)n(CC(=O)NCc4ccccc4)cnc32)cc1. The van der Waals surface area contributed by atoms with Gasteiger partial charge in [0.2, 0.25) is 5.91 Å². The highest BCUT2D eigenvalue weighted by atomic mass is 16.2. The first-order valence-corrected chi connectivity index (χ1v) is 9.87. The van der Waals surface area contributed by atoms with Crippen molar-refractivity contribution in [3.63, 3.8) is 0 Å². The zero-order chi connectivity index (χ0) is 21.1. The number of amides is 1. The minimum atomic E-state index is -0.292. The van der Waals surface area contributed by atoms with Gasteiger partial charge in [0, 0.05) is 6.54 Å². The number of hydrogen-bond acceptors (Lipinski definition) is 4. The molecule has 7 heteroatoms. The van der Waals surface area contributed by atoms with Crippen molar-refractivity contribution in [3.8, 4) is 5.69 Å². The summed E-state index contributed by atoms with van der Waals surface area (Å²) in [6, 6.07) is 17.6. The van der Waals surface area contributed by atoms with Gasteiger partial charge in [0.25, 0.3) is 5.56 Å². The summed E-state index contributed by atoms with van der Waals surface area (Å²) >= 11 is 0. The van der Waals surface area contributed by atoms with Crippen LogP contribution in [0.15, 0.2) is 71.9 Å². The molecule has 0 bridgehead atoms. The van der Waals surface area contributed by atoms with Crippen LogP contribution < -0.4 is 10.9 Å². The molecule has 2 heterocycles. The van der Waals surface area contributed by atoms with E-state index in [0.29, 0.717) is 23.5 Å². The Morgan fingerprint density at radius 1 is 1.07 bits per heavy atom. The van der Waals surface area contributed by atoms with Gasteiger partial charge in [-0.1, -0.05) is 56.3 Å². The first-order valence-electron chi connectivity index (χ1n) is 9.87. The molecule has 1 N–H and O–H groups in total. The molecule has 2 aromatic carbocycles. The average Bonchev–Trinajstić information content (AvgIpc) is 3.20. The van der Waals surface area contributed by atoms with E-state index in [1.165, 1.54) is 22.7 Å². The summed E-state index contributed by atoms with van der Waals surface area (Å²) in [7, 11) is 0. The van der Waals surface area contributed by atoms with Crippen molar-refractivity contribution in [2.24, 2.45) is 0 Å². The van der Waals surface area contributed by atoms with Gasteiger partial charge < -0.3 is 5.32 Å². The monoisotopic (exact) mass is 401 g/mol. The largest absolute Gasteiger partial charge is 0.350 e. The van der Waals surface area contributed by atoms with Crippen molar-refractivity contribution in [1.82, 2.24) is 24.6 Å². The second-order valence-electron chi connectivity index (χ2n) is 7.48. The van der Waals surface area contributed by atoms with Gasteiger partial charge in [-0.05, 0) is 29.2 Å². The van der Waals surface area contributed by atoms with Crippen molar-refractivity contribution in [2.75, 3.05) is 0 Å². The van der Waals surface area contributed by atoms with E-state index < -0.39 is 0 Å². The maximum atomic E-state index is 12.8. The highest BCUT2D eigenvalue weighted by Gasteiger charge is 2.13. The lowest BCUT2D eigenvalue weighted by molar-refractivity contribution is -0.121. The lowest BCUT2D eigenvalue weighted by Crippen LogP contribution is -2.32. The molecule has 7 nitrogen and oxygen atoms in total. The van der Waals surface area contributed by atoms with Crippen LogP contribution in [0.2, 0.25) is 0 Å². The van der Waals surface area contributed by atoms with Crippen LogP contribution in [0.4, 0.5) is 0 Å². The van der Waals surface area contributed by atoms with Crippen LogP contribution in [0.5, 0.6) is 0 Å². The molecule has 152 valence electrons. The maximum Gasteiger partial charge on any atom is 0.264 e. The highest BCUT2D eigenvalue weighted by Crippen LogP contribution is 2.18. The van der Waals surface area contributed by atoms with Gasteiger partial charge in [-0.3, -0.25) is 14.2 Å². The molecule has 0 spiro atoms. The molecule has 0 saturated heterocycles. The third kappa shape index (κ3) is 4.00. The standard InChI is InChI=1S/C23H23N5O2/c1-16(2)18-8-10-19(11-9-18)28-22-20(13-26-28)23(30)27(15-25-22)14-21(29)24-12-17-6-4-3-5-7-17/h3-11,13,15-16H,12,14H2,1-2H3,(H,24,29). The van der Waals surface area contributed by atoms with E-state index in [2.05, 4.69) is 29.2 Å². The first kappa shape index (κ1) is 19.6. The highest BCUT2D eigenvalue weighted by molar-refractivity contribution is 5.77. The van der Waals surface area contributed by atoms with Gasteiger partial charge in [-0.15, -0.1) is 0 Å². The molecule has 2 aromatic heterocycles. The van der Waals surface area contributed by atoms with E-state index >= 15 is 0 Å². The zero-order valence-electron chi connectivity index (χ0n) is 16.9. The van der Waals surface area contributed by atoms with Crippen LogP contribution in [0.25, 0.3) is 16.7 Å². The number of aromatic nitrogens is 4. The smallest absolute Gasteiger partial charge is 0.264 e. The molecule has 1 amide bonds. The Kier molecular flexibility index (Phi) is 5.43. The third-order valence-electron chi connectivity index (χ3n) is 5.01. The summed E-state index contributed by atoms with van der Waals surface area (Å²) in [5.74, 6) is 0.186. The van der Waals surface area contributed by atoms with Gasteiger partial charge in [-0.2, -0.15) is 5.10 Å². The van der Waals surface area contributed by atoms with E-state index in [0.717, 1.165) is 11.3 Å². The number of benzene rings is 2. The first-order chi connectivity index (χ1) is 14.5. The summed E-state index contributed by atoms with van der Waals surface area (Å²) in [5, 5.41) is 7.53. The number of nitrogens with one attached hydrogen (secondary N) is 1. The van der Waals surface area contributed by atoms with Crippen molar-refractivity contribution >= 4 is 16.9 Å². The van der Waals surface area contributed by atoms with Crippen molar-refractivity contribution in [2.45, 2.75) is 32.9 Å². The second kappa shape index (κ2) is 8.32. The second-order valence-corrected chi connectivity index (χ2v) is 7.48. The van der Waals surface area contributed by atoms with Crippen LogP contribution in [0.1, 0.15) is 30.9 Å². The topological polar surface area (TPSA) is 81.8 Å². The zero-order valence-corrected chi connectivity index (χ0v) is 16.9. The lowest BCUT2D eigenvalue weighted by atomic mass is 10.0. The number of carbonyl (C=O) groups excluding carboxylic acids is 1. The van der Waals surface area contributed by atoms with Crippen LogP contribution in [0, 0.1) is 0 Å². The number of rotatable bonds is 6. The van der Waals surface area contributed by atoms with E-state index in [1.807, 2.05) is 54.6 Å². The van der Waals surface area contributed by atoms with E-state index in [9.17, 15) is 9.59 Å². The van der Waals surface area contributed by atoms with Crippen molar-refractivity contribution in [3.05, 3.63) is 88.6 Å². The predicted molar refractivity (Wildman–Crippen MR) is 116 cm³/mol. The molecule has 0 radical (unpaired) electrons. The molecule has 30 heavy (non-hydrogen) atoms. The Bertz CT molecular complexity index is 1220. The molecular weight excluding hydrogens is 378 g/mol. The van der Waals surface area contributed by atoms with Gasteiger partial charge >= 0.3 is 0 Å². The quantitative estimate of drug-likeness (QED) is 0.538. The van der Waals surface area contributed by atoms with E-state index in [4.69, 9.17) is 0 Å². The summed E-state index contributed by atoms with van der Waals surface area (Å²) in [6.07, 6.45) is 2.90. The summed E-state index contributed by atoms with van der Waals surface area (Å²) in [6.45, 7) is 4.59. The molecule has 0 aliphatic heterocycles. The van der Waals surface area contributed by atoms with Crippen molar-refractivity contribution in [1.29, 1.82) is 0 Å². The van der Waals surface area contributed by atoms with Gasteiger partial charge in [0.15, 0.2) is 5.65 Å². The van der Waals surface area contributed by atoms with Crippen molar-refractivity contribution < 1.29 is 4.79 Å². The molecular formula is C23H23N5O2. The third-order valence-corrected chi connectivity index (χ3v) is 5.01. The van der Waals surface area contributed by atoms with E-state index in [1.54, 1.807) is 4.68 Å². The Balaban J connectivity index is 1.53. The minimum absolute atomic E-state index is 0.0944. The Hall–Kier alpha value is -3.74. The predicted octanol–water partition coefficient (Wildman–Crippen LogP) is 3.02. The van der Waals surface area contributed by atoms with Crippen LogP contribution in [-0.2, 0) is 17.9 Å². The molecule has 0 fully saturated rings. The number of carbonyl (C=O) groups is 1. The molecule has 0 saturated carbocycles. The van der Waals surface area contributed by atoms with Gasteiger partial charge in [0.1, 0.15) is 18.3 Å². The van der Waals surface area contributed by atoms with Crippen LogP contribution >= 0.6 is 0 Å². The molecule has 4 rings (SSSR count). The minimum Gasteiger partial charge on any atom is -0.350 e. The fraction of sp³-hybridized carbons (Fsp3) is 0.217. The van der Waals surface area contributed by atoms with Gasteiger partial charge in [0.05, 0.1) is 11.9 Å². The normalized spacial score (nSPS) is 11.2. The molecule has 0 aliphatic rings. The van der Waals surface area contributed by atoms with Crippen LogP contribution in [-0.4, -0.2) is 25.2 Å². The van der Waals surface area contributed by atoms with Crippen LogP contribution in [0.3, 0.4) is 0 Å². The summed E-state index contributed by atoms with van der Waals surface area (Å²) < 4.78 is 2.94. The Morgan fingerprint density at radius 2 is 1.80 bits per heavy atom.